The van der Waals surface area contributed by atoms with Crippen molar-refractivity contribution in [2.75, 3.05) is 0 Å². The van der Waals surface area contributed by atoms with Crippen LogP contribution in [0.25, 0.3) is 10.9 Å². The number of amides is 1. The number of carbonyl (C=O) groups is 1. The molecule has 3 rings (SSSR count). The van der Waals surface area contributed by atoms with Gasteiger partial charge < -0.3 is 15.3 Å². The van der Waals surface area contributed by atoms with Crippen molar-refractivity contribution in [1.82, 2.24) is 15.3 Å². The van der Waals surface area contributed by atoms with Gasteiger partial charge in [0.05, 0.1) is 11.1 Å². The van der Waals surface area contributed by atoms with Gasteiger partial charge in [-0.25, -0.2) is 4.39 Å². The zero-order valence-corrected chi connectivity index (χ0v) is 15.3. The number of rotatable bonds is 4. The molecular formula is C20H19FN4O2. The van der Waals surface area contributed by atoms with Gasteiger partial charge >= 0.3 is 0 Å². The number of hydrogen-bond acceptors (Lipinski definition) is 3. The smallest absolute Gasteiger partial charge is 0.266 e. The van der Waals surface area contributed by atoms with Crippen molar-refractivity contribution < 1.29 is 9.18 Å². The SMILES string of the molecule is CCc1[nH]c2c(CNC(=O)c3cc(C#N)c(=O)[nH]c3C)cc(F)cc2c1C. The Kier molecular flexibility index (Phi) is 4.82. The lowest BCUT2D eigenvalue weighted by Crippen LogP contribution is -2.26. The van der Waals surface area contributed by atoms with Crippen LogP contribution in [0.3, 0.4) is 0 Å². The van der Waals surface area contributed by atoms with Crippen molar-refractivity contribution in [2.45, 2.75) is 33.7 Å². The number of carbonyl (C=O) groups excluding carboxylic acids is 1. The average Bonchev–Trinajstić information content (AvgIpc) is 2.95. The van der Waals surface area contributed by atoms with E-state index in [2.05, 4.69) is 15.3 Å². The molecule has 2 aromatic heterocycles. The molecule has 27 heavy (non-hydrogen) atoms. The first-order chi connectivity index (χ1) is 12.8. The molecule has 0 radical (unpaired) electrons. The topological polar surface area (TPSA) is 102 Å². The van der Waals surface area contributed by atoms with E-state index in [0.29, 0.717) is 11.3 Å². The molecule has 3 N–H and O–H groups in total. The Hall–Kier alpha value is -3.40. The van der Waals surface area contributed by atoms with Gasteiger partial charge in [0.2, 0.25) is 0 Å². The molecule has 0 bridgehead atoms. The minimum atomic E-state index is -0.535. The van der Waals surface area contributed by atoms with Gasteiger partial charge in [-0.1, -0.05) is 6.92 Å². The van der Waals surface area contributed by atoms with Gasteiger partial charge in [0.15, 0.2) is 0 Å². The minimum Gasteiger partial charge on any atom is -0.358 e. The number of aromatic nitrogens is 2. The molecule has 0 saturated heterocycles. The predicted molar refractivity (Wildman–Crippen MR) is 100 cm³/mol. The van der Waals surface area contributed by atoms with Crippen molar-refractivity contribution in [3.8, 4) is 6.07 Å². The summed E-state index contributed by atoms with van der Waals surface area (Å²) in [7, 11) is 0. The number of aryl methyl sites for hydroxylation is 3. The number of aromatic amines is 2. The van der Waals surface area contributed by atoms with Crippen molar-refractivity contribution in [3.63, 3.8) is 0 Å². The highest BCUT2D eigenvalue weighted by Crippen LogP contribution is 2.26. The maximum atomic E-state index is 14.0. The number of H-pyrrole nitrogens is 2. The van der Waals surface area contributed by atoms with Crippen LogP contribution in [-0.4, -0.2) is 15.9 Å². The van der Waals surface area contributed by atoms with Gasteiger partial charge in [-0.05, 0) is 49.6 Å². The summed E-state index contributed by atoms with van der Waals surface area (Å²) in [5, 5.41) is 12.5. The van der Waals surface area contributed by atoms with E-state index in [0.717, 1.165) is 28.6 Å². The summed E-state index contributed by atoms with van der Waals surface area (Å²) in [5.74, 6) is -0.819. The number of nitrogens with zero attached hydrogens (tertiary/aromatic N) is 1. The molecule has 0 saturated carbocycles. The molecule has 2 heterocycles. The zero-order chi connectivity index (χ0) is 19.7. The van der Waals surface area contributed by atoms with E-state index in [1.54, 1.807) is 13.0 Å². The fourth-order valence-corrected chi connectivity index (χ4v) is 3.22. The van der Waals surface area contributed by atoms with Crippen LogP contribution >= 0.6 is 0 Å². The molecule has 3 aromatic rings. The minimum absolute atomic E-state index is 0.108. The van der Waals surface area contributed by atoms with E-state index in [1.807, 2.05) is 13.8 Å². The third-order valence-electron chi connectivity index (χ3n) is 4.71. The fourth-order valence-electron chi connectivity index (χ4n) is 3.22. The van der Waals surface area contributed by atoms with Gasteiger partial charge in [0.25, 0.3) is 11.5 Å². The summed E-state index contributed by atoms with van der Waals surface area (Å²) in [4.78, 5) is 29.9. The maximum absolute atomic E-state index is 14.0. The number of hydrogen-bond donors (Lipinski definition) is 3. The second-order valence-corrected chi connectivity index (χ2v) is 6.41. The van der Waals surface area contributed by atoms with E-state index in [4.69, 9.17) is 5.26 Å². The fraction of sp³-hybridized carbons (Fsp3) is 0.250. The van der Waals surface area contributed by atoms with E-state index in [1.165, 1.54) is 18.2 Å². The summed E-state index contributed by atoms with van der Waals surface area (Å²) in [6.07, 6.45) is 0.793. The van der Waals surface area contributed by atoms with E-state index in [-0.39, 0.29) is 23.5 Å². The molecule has 0 atom stereocenters. The van der Waals surface area contributed by atoms with Gasteiger partial charge in [-0.15, -0.1) is 0 Å². The quantitative estimate of drug-likeness (QED) is 0.661. The van der Waals surface area contributed by atoms with Crippen molar-refractivity contribution in [1.29, 1.82) is 5.26 Å². The molecule has 138 valence electrons. The Morgan fingerprint density at radius 2 is 2.00 bits per heavy atom. The molecule has 1 aromatic carbocycles. The maximum Gasteiger partial charge on any atom is 0.266 e. The lowest BCUT2D eigenvalue weighted by Gasteiger charge is -2.09. The van der Waals surface area contributed by atoms with Gasteiger partial charge in [0, 0.05) is 23.3 Å². The molecular weight excluding hydrogens is 347 g/mol. The summed E-state index contributed by atoms with van der Waals surface area (Å²) in [5.41, 5.74) is 3.35. The summed E-state index contributed by atoms with van der Waals surface area (Å²) in [6.45, 7) is 5.64. The third-order valence-corrected chi connectivity index (χ3v) is 4.71. The molecule has 7 heteroatoms. The lowest BCUT2D eigenvalue weighted by molar-refractivity contribution is 0.0950. The Morgan fingerprint density at radius 1 is 1.26 bits per heavy atom. The van der Waals surface area contributed by atoms with Crippen molar-refractivity contribution in [2.24, 2.45) is 0 Å². The molecule has 1 amide bonds. The Morgan fingerprint density at radius 3 is 2.67 bits per heavy atom. The van der Waals surface area contributed by atoms with E-state index >= 15 is 0 Å². The molecule has 0 fully saturated rings. The second kappa shape index (κ2) is 7.08. The molecule has 6 nitrogen and oxygen atoms in total. The number of pyridine rings is 1. The number of halogens is 1. The third kappa shape index (κ3) is 3.34. The van der Waals surface area contributed by atoms with Crippen LogP contribution in [0.4, 0.5) is 4.39 Å². The average molecular weight is 366 g/mol. The number of nitrogens with one attached hydrogen (secondary N) is 3. The molecule has 0 aliphatic carbocycles. The van der Waals surface area contributed by atoms with Gasteiger partial charge in [-0.3, -0.25) is 9.59 Å². The Labute approximate surface area is 155 Å². The highest BCUT2D eigenvalue weighted by Gasteiger charge is 2.15. The molecule has 0 aliphatic rings. The monoisotopic (exact) mass is 366 g/mol. The standard InChI is InChI=1S/C20H19FN4O2/c1-4-17-10(2)15-7-14(21)5-13(18(15)25-17)9-23-20(27)16-6-12(8-22)19(26)24-11(16)3/h5-7,25H,4,9H2,1-3H3,(H,23,27)(H,24,26). The molecule has 0 spiro atoms. The first-order valence-electron chi connectivity index (χ1n) is 8.57. The summed E-state index contributed by atoms with van der Waals surface area (Å²) < 4.78 is 14.0. The zero-order valence-electron chi connectivity index (χ0n) is 15.3. The predicted octanol–water partition coefficient (Wildman–Crippen LogP) is 2.98. The van der Waals surface area contributed by atoms with Crippen LogP contribution in [0.5, 0.6) is 0 Å². The number of nitriles is 1. The number of benzene rings is 1. The normalized spacial score (nSPS) is 10.8. The largest absolute Gasteiger partial charge is 0.358 e. The Balaban J connectivity index is 1.92. The van der Waals surface area contributed by atoms with Crippen molar-refractivity contribution >= 4 is 16.8 Å². The van der Waals surface area contributed by atoms with Crippen LogP contribution in [0.2, 0.25) is 0 Å². The van der Waals surface area contributed by atoms with Crippen molar-refractivity contribution in [3.05, 3.63) is 68.0 Å². The second-order valence-electron chi connectivity index (χ2n) is 6.41. The van der Waals surface area contributed by atoms with Crippen LogP contribution in [-0.2, 0) is 13.0 Å². The van der Waals surface area contributed by atoms with Gasteiger partial charge in [0.1, 0.15) is 17.4 Å². The first-order valence-corrected chi connectivity index (χ1v) is 8.57. The first kappa shape index (κ1) is 18.4. The molecule has 0 aliphatic heterocycles. The Bertz CT molecular complexity index is 1150. The summed E-state index contributed by atoms with van der Waals surface area (Å²) >= 11 is 0. The van der Waals surface area contributed by atoms with E-state index in [9.17, 15) is 14.0 Å². The summed E-state index contributed by atoms with van der Waals surface area (Å²) in [6, 6.07) is 5.89. The lowest BCUT2D eigenvalue weighted by atomic mass is 10.1. The number of fused-ring (bicyclic) bond motifs is 1. The van der Waals surface area contributed by atoms with Crippen LogP contribution in [0.1, 0.15) is 45.4 Å². The highest BCUT2D eigenvalue weighted by atomic mass is 19.1. The molecule has 0 unspecified atom stereocenters. The van der Waals surface area contributed by atoms with Crippen LogP contribution < -0.4 is 10.9 Å². The van der Waals surface area contributed by atoms with Crippen LogP contribution in [0, 0.1) is 31.0 Å². The highest BCUT2D eigenvalue weighted by molar-refractivity contribution is 5.96. The van der Waals surface area contributed by atoms with E-state index < -0.39 is 11.5 Å². The van der Waals surface area contributed by atoms with Crippen LogP contribution in [0.15, 0.2) is 23.0 Å². The van der Waals surface area contributed by atoms with Gasteiger partial charge in [-0.2, -0.15) is 5.26 Å².